The summed E-state index contributed by atoms with van der Waals surface area (Å²) in [6, 6.07) is 17.7. The fourth-order valence-electron chi connectivity index (χ4n) is 4.90. The number of thioether (sulfide) groups is 1. The fraction of sp³-hybridized carbons (Fsp3) is 0.314. The lowest BCUT2D eigenvalue weighted by atomic mass is 9.99. The lowest BCUT2D eigenvalue weighted by Gasteiger charge is -2.26. The SMILES string of the molecule is Cc1ccc(C(C)C)c(N2C(=O)CSC2=NC(=O)ON(Cc2ccc(-c3ncn(-c4ccc(OC(F)(F)F)cc4)n3)cc2)C(=O)OC(C)(C)C)c1. The number of halogens is 3. The molecule has 1 saturated heterocycles. The molecule has 51 heavy (non-hydrogen) atoms. The minimum Gasteiger partial charge on any atom is -0.442 e. The Kier molecular flexibility index (Phi) is 10.7. The van der Waals surface area contributed by atoms with Gasteiger partial charge in [0.15, 0.2) is 11.0 Å². The summed E-state index contributed by atoms with van der Waals surface area (Å²) in [6.07, 6.45) is -5.44. The van der Waals surface area contributed by atoms with Gasteiger partial charge in [-0.15, -0.1) is 28.3 Å². The zero-order valence-corrected chi connectivity index (χ0v) is 29.4. The van der Waals surface area contributed by atoms with Crippen LogP contribution in [0.4, 0.5) is 28.4 Å². The molecule has 12 nitrogen and oxygen atoms in total. The van der Waals surface area contributed by atoms with Crippen LogP contribution in [0.1, 0.15) is 57.2 Å². The van der Waals surface area contributed by atoms with Crippen molar-refractivity contribution in [2.75, 3.05) is 10.7 Å². The maximum absolute atomic E-state index is 13.2. The molecule has 0 spiro atoms. The summed E-state index contributed by atoms with van der Waals surface area (Å²) in [5.74, 6) is -0.106. The number of alkyl halides is 3. The Hall–Kier alpha value is -5.38. The Morgan fingerprint density at radius 3 is 2.33 bits per heavy atom. The van der Waals surface area contributed by atoms with Crippen LogP contribution in [-0.4, -0.2) is 60.8 Å². The predicted octanol–water partition coefficient (Wildman–Crippen LogP) is 8.19. The maximum atomic E-state index is 13.2. The van der Waals surface area contributed by atoms with Gasteiger partial charge in [0.1, 0.15) is 17.7 Å². The van der Waals surface area contributed by atoms with Crippen LogP contribution in [0.15, 0.2) is 78.0 Å². The Balaban J connectivity index is 1.32. The van der Waals surface area contributed by atoms with Gasteiger partial charge in [-0.3, -0.25) is 9.69 Å². The summed E-state index contributed by atoms with van der Waals surface area (Å²) in [5.41, 5.74) is 3.17. The summed E-state index contributed by atoms with van der Waals surface area (Å²) in [4.78, 5) is 54.5. The highest BCUT2D eigenvalue weighted by molar-refractivity contribution is 8.15. The second-order valence-electron chi connectivity index (χ2n) is 12.8. The highest BCUT2D eigenvalue weighted by Gasteiger charge is 2.34. The molecule has 0 N–H and O–H groups in total. The van der Waals surface area contributed by atoms with E-state index in [9.17, 15) is 27.6 Å². The van der Waals surface area contributed by atoms with Crippen molar-refractivity contribution in [2.45, 2.75) is 66.0 Å². The Morgan fingerprint density at radius 2 is 1.71 bits per heavy atom. The number of amides is 3. The monoisotopic (exact) mass is 724 g/mol. The molecule has 1 aliphatic heterocycles. The van der Waals surface area contributed by atoms with E-state index in [-0.39, 0.29) is 35.0 Å². The van der Waals surface area contributed by atoms with Crippen molar-refractivity contribution in [3.63, 3.8) is 0 Å². The largest absolute Gasteiger partial charge is 0.573 e. The zero-order valence-electron chi connectivity index (χ0n) is 28.6. The molecular formula is C35H35F3N6O6S. The van der Waals surface area contributed by atoms with Gasteiger partial charge in [-0.1, -0.05) is 62.0 Å². The van der Waals surface area contributed by atoms with Crippen molar-refractivity contribution in [2.24, 2.45) is 4.99 Å². The fourth-order valence-corrected chi connectivity index (χ4v) is 5.75. The first-order valence-electron chi connectivity index (χ1n) is 15.7. The van der Waals surface area contributed by atoms with Gasteiger partial charge in [0, 0.05) is 5.56 Å². The second-order valence-corrected chi connectivity index (χ2v) is 13.7. The van der Waals surface area contributed by atoms with Crippen molar-refractivity contribution in [1.29, 1.82) is 0 Å². The van der Waals surface area contributed by atoms with E-state index < -0.39 is 24.1 Å². The number of aryl methyl sites for hydroxylation is 1. The highest BCUT2D eigenvalue weighted by atomic mass is 32.2. The molecule has 0 bridgehead atoms. The highest BCUT2D eigenvalue weighted by Crippen LogP contribution is 2.34. The van der Waals surface area contributed by atoms with Crippen molar-refractivity contribution in [1.82, 2.24) is 19.8 Å². The third-order valence-corrected chi connectivity index (χ3v) is 8.07. The van der Waals surface area contributed by atoms with Gasteiger partial charge in [-0.25, -0.2) is 19.3 Å². The predicted molar refractivity (Wildman–Crippen MR) is 184 cm³/mol. The summed E-state index contributed by atoms with van der Waals surface area (Å²) in [5, 5.41) is 5.28. The number of ether oxygens (including phenoxy) is 2. The lowest BCUT2D eigenvalue weighted by Crippen LogP contribution is -2.38. The Morgan fingerprint density at radius 1 is 1.02 bits per heavy atom. The molecule has 0 radical (unpaired) electrons. The van der Waals surface area contributed by atoms with Crippen LogP contribution in [0.5, 0.6) is 5.75 Å². The maximum Gasteiger partial charge on any atom is 0.573 e. The van der Waals surface area contributed by atoms with Crippen LogP contribution in [-0.2, 0) is 20.9 Å². The van der Waals surface area contributed by atoms with Gasteiger partial charge in [0.2, 0.25) is 5.91 Å². The number of carbonyl (C=O) groups is 3. The number of nitrogens with zero attached hydrogens (tertiary/aromatic N) is 6. The van der Waals surface area contributed by atoms with Crippen molar-refractivity contribution < 1.29 is 41.9 Å². The van der Waals surface area contributed by atoms with Crippen LogP contribution in [0.3, 0.4) is 0 Å². The third-order valence-electron chi connectivity index (χ3n) is 7.15. The first-order chi connectivity index (χ1) is 24.0. The number of hydrogen-bond donors (Lipinski definition) is 0. The molecule has 0 saturated carbocycles. The van der Waals surface area contributed by atoms with Crippen molar-refractivity contribution in [3.8, 4) is 22.8 Å². The van der Waals surface area contributed by atoms with Gasteiger partial charge in [0.25, 0.3) is 0 Å². The minimum absolute atomic E-state index is 0.0794. The van der Waals surface area contributed by atoms with Gasteiger partial charge in [0.05, 0.1) is 23.7 Å². The number of rotatable bonds is 7. The van der Waals surface area contributed by atoms with Crippen LogP contribution in [0, 0.1) is 6.92 Å². The van der Waals surface area contributed by atoms with E-state index >= 15 is 0 Å². The number of anilines is 1. The summed E-state index contributed by atoms with van der Waals surface area (Å²) >= 11 is 1.09. The van der Waals surface area contributed by atoms with Gasteiger partial charge in [-0.05, 0) is 80.6 Å². The summed E-state index contributed by atoms with van der Waals surface area (Å²) in [7, 11) is 0. The standard InChI is InChI=1S/C35H35F3N6O6S/c1-21(2)27-16-7-22(3)17-28(27)44-29(45)19-51-31(44)40-32(46)50-43(33(47)49-34(4,5)6)18-23-8-10-24(11-9-23)30-39-20-42(41-30)25-12-14-26(15-13-25)48-35(36,37)38/h7-17,20-21H,18-19H2,1-6H3. The molecule has 3 amide bonds. The molecule has 268 valence electrons. The smallest absolute Gasteiger partial charge is 0.442 e. The molecule has 2 heterocycles. The van der Waals surface area contributed by atoms with Gasteiger partial charge >= 0.3 is 18.5 Å². The first kappa shape index (κ1) is 36.9. The average Bonchev–Trinajstić information content (AvgIpc) is 3.66. The first-order valence-corrected chi connectivity index (χ1v) is 16.7. The van der Waals surface area contributed by atoms with E-state index in [1.165, 1.54) is 40.2 Å². The van der Waals surface area contributed by atoms with Crippen LogP contribution < -0.4 is 9.64 Å². The van der Waals surface area contributed by atoms with Crippen LogP contribution >= 0.6 is 11.8 Å². The van der Waals surface area contributed by atoms with Crippen molar-refractivity contribution in [3.05, 3.63) is 89.7 Å². The van der Waals surface area contributed by atoms with Crippen LogP contribution in [0.25, 0.3) is 17.1 Å². The van der Waals surface area contributed by atoms with Gasteiger partial charge in [-0.2, -0.15) is 0 Å². The molecule has 4 aromatic rings. The quantitative estimate of drug-likeness (QED) is 0.173. The molecule has 1 aromatic heterocycles. The molecule has 1 aliphatic rings. The number of benzene rings is 3. The number of carbonyl (C=O) groups excluding carboxylic acids is 3. The van der Waals surface area contributed by atoms with E-state index in [0.29, 0.717) is 28.3 Å². The molecular weight excluding hydrogens is 689 g/mol. The number of amidine groups is 1. The molecule has 5 rings (SSSR count). The molecule has 3 aromatic carbocycles. The topological polar surface area (TPSA) is 128 Å². The minimum atomic E-state index is -4.80. The molecule has 0 aliphatic carbocycles. The average molecular weight is 725 g/mol. The lowest BCUT2D eigenvalue weighted by molar-refractivity contribution is -0.274. The number of aromatic nitrogens is 3. The van der Waals surface area contributed by atoms with Crippen molar-refractivity contribution >= 4 is 40.7 Å². The normalized spacial score (nSPS) is 14.3. The van der Waals surface area contributed by atoms with E-state index in [2.05, 4.69) is 19.8 Å². The number of hydroxylamine groups is 2. The van der Waals surface area contributed by atoms with Crippen LogP contribution in [0.2, 0.25) is 0 Å². The van der Waals surface area contributed by atoms with E-state index in [0.717, 1.165) is 28.0 Å². The second kappa shape index (κ2) is 14.8. The molecule has 0 unspecified atom stereocenters. The van der Waals surface area contributed by atoms with Gasteiger partial charge < -0.3 is 14.3 Å². The number of hydrogen-bond acceptors (Lipinski definition) is 9. The van der Waals surface area contributed by atoms with E-state index in [1.54, 1.807) is 45.0 Å². The summed E-state index contributed by atoms with van der Waals surface area (Å²) < 4.78 is 48.3. The summed E-state index contributed by atoms with van der Waals surface area (Å²) in [6.45, 7) is 10.7. The third kappa shape index (κ3) is 9.66. The van der Waals surface area contributed by atoms with E-state index in [4.69, 9.17) is 9.57 Å². The van der Waals surface area contributed by atoms with E-state index in [1.807, 2.05) is 39.0 Å². The molecule has 1 fully saturated rings. The molecule has 0 atom stereocenters. The Labute approximate surface area is 296 Å². The Bertz CT molecular complexity index is 1940. The zero-order chi connectivity index (χ0) is 37.1. The molecule has 16 heteroatoms. The number of aliphatic imine (C=N–C) groups is 1.